The molecule has 0 fully saturated rings. The molecule has 0 aliphatic carbocycles. The maximum atomic E-state index is 11.9. The van der Waals surface area contributed by atoms with Crippen LogP contribution in [0.4, 0.5) is 0 Å². The number of carbonyl (C=O) groups is 1. The van der Waals surface area contributed by atoms with E-state index in [2.05, 4.69) is 0 Å². The molecule has 2 rings (SSSR count). The molecule has 0 aromatic heterocycles. The zero-order chi connectivity index (χ0) is 13.7. The molecule has 2 aromatic rings. The highest BCUT2D eigenvalue weighted by Crippen LogP contribution is 2.26. The maximum Gasteiger partial charge on any atom is 0.203 e. The second kappa shape index (κ2) is 5.91. The molecule has 0 saturated heterocycles. The fourth-order valence-electron chi connectivity index (χ4n) is 1.67. The number of carbonyl (C=O) groups excluding carboxylic acids is 1. The molecular formula is C15H14O4. The van der Waals surface area contributed by atoms with Crippen LogP contribution in [0.1, 0.15) is 10.4 Å². The third kappa shape index (κ3) is 3.04. The number of ketones is 1. The average Bonchev–Trinajstić information content (AvgIpc) is 2.45. The van der Waals surface area contributed by atoms with Crippen molar-refractivity contribution in [2.75, 3.05) is 13.7 Å². The van der Waals surface area contributed by atoms with E-state index in [1.807, 2.05) is 6.07 Å². The Kier molecular flexibility index (Phi) is 4.03. The van der Waals surface area contributed by atoms with Crippen LogP contribution < -0.4 is 9.47 Å². The normalized spacial score (nSPS) is 9.95. The van der Waals surface area contributed by atoms with E-state index >= 15 is 0 Å². The van der Waals surface area contributed by atoms with Crippen LogP contribution in [0.15, 0.2) is 48.5 Å². The molecule has 0 spiro atoms. The highest BCUT2D eigenvalue weighted by molar-refractivity contribution is 5.99. The van der Waals surface area contributed by atoms with Crippen molar-refractivity contribution in [1.82, 2.24) is 0 Å². The van der Waals surface area contributed by atoms with Gasteiger partial charge >= 0.3 is 0 Å². The second-order valence-corrected chi connectivity index (χ2v) is 3.88. The van der Waals surface area contributed by atoms with Crippen LogP contribution in [0.2, 0.25) is 0 Å². The summed E-state index contributed by atoms with van der Waals surface area (Å²) in [6.07, 6.45) is 0. The van der Waals surface area contributed by atoms with E-state index in [9.17, 15) is 9.90 Å². The molecule has 0 amide bonds. The Labute approximate surface area is 111 Å². The fourth-order valence-corrected chi connectivity index (χ4v) is 1.67. The summed E-state index contributed by atoms with van der Waals surface area (Å²) in [4.78, 5) is 11.9. The Morgan fingerprint density at radius 1 is 1.05 bits per heavy atom. The minimum absolute atomic E-state index is 0.0453. The third-order valence-electron chi connectivity index (χ3n) is 2.63. The van der Waals surface area contributed by atoms with Crippen molar-refractivity contribution in [2.24, 2.45) is 0 Å². The van der Waals surface area contributed by atoms with E-state index < -0.39 is 0 Å². The van der Waals surface area contributed by atoms with Gasteiger partial charge in [-0.1, -0.05) is 24.3 Å². The summed E-state index contributed by atoms with van der Waals surface area (Å²) in [5.74, 6) is 0.724. The number of phenolic OH excluding ortho intramolecular Hbond substituents is 1. The van der Waals surface area contributed by atoms with Gasteiger partial charge in [0.2, 0.25) is 5.78 Å². The number of hydrogen-bond acceptors (Lipinski definition) is 4. The largest absolute Gasteiger partial charge is 0.507 e. The van der Waals surface area contributed by atoms with Crippen molar-refractivity contribution in [2.45, 2.75) is 0 Å². The van der Waals surface area contributed by atoms with Crippen LogP contribution in [-0.4, -0.2) is 24.6 Å². The molecule has 0 atom stereocenters. The van der Waals surface area contributed by atoms with Crippen LogP contribution in [0.25, 0.3) is 0 Å². The first-order valence-electron chi connectivity index (χ1n) is 5.79. The molecule has 4 heteroatoms. The van der Waals surface area contributed by atoms with Gasteiger partial charge in [-0.25, -0.2) is 0 Å². The highest BCUT2D eigenvalue weighted by Gasteiger charge is 2.12. The van der Waals surface area contributed by atoms with Gasteiger partial charge in [-0.3, -0.25) is 4.79 Å². The minimum Gasteiger partial charge on any atom is -0.507 e. The first-order chi connectivity index (χ1) is 9.22. The highest BCUT2D eigenvalue weighted by atomic mass is 16.5. The lowest BCUT2D eigenvalue weighted by Crippen LogP contribution is -2.12. The smallest absolute Gasteiger partial charge is 0.203 e. The molecule has 0 bridgehead atoms. The van der Waals surface area contributed by atoms with Gasteiger partial charge in [-0.15, -0.1) is 0 Å². The summed E-state index contributed by atoms with van der Waals surface area (Å²) in [7, 11) is 1.53. The predicted molar refractivity (Wildman–Crippen MR) is 70.9 cm³/mol. The van der Waals surface area contributed by atoms with Gasteiger partial charge in [0.25, 0.3) is 0 Å². The summed E-state index contributed by atoms with van der Waals surface area (Å²) in [6, 6.07) is 13.5. The van der Waals surface area contributed by atoms with E-state index in [1.165, 1.54) is 13.2 Å². The van der Waals surface area contributed by atoms with Gasteiger partial charge in [-0.05, 0) is 24.3 Å². The first-order valence-corrected chi connectivity index (χ1v) is 5.79. The lowest BCUT2D eigenvalue weighted by atomic mass is 10.1. The zero-order valence-electron chi connectivity index (χ0n) is 10.5. The van der Waals surface area contributed by atoms with Crippen molar-refractivity contribution < 1.29 is 19.4 Å². The molecule has 1 N–H and O–H groups in total. The quantitative estimate of drug-likeness (QED) is 0.838. The Hall–Kier alpha value is -2.49. The molecule has 4 nitrogen and oxygen atoms in total. The molecule has 0 aliphatic heterocycles. The number of phenols is 1. The Morgan fingerprint density at radius 3 is 2.37 bits per heavy atom. The van der Waals surface area contributed by atoms with Crippen molar-refractivity contribution >= 4 is 5.78 Å². The number of Topliss-reactive ketones (excluding diaryl/α,β-unsaturated/α-hetero) is 1. The standard InChI is InChI=1S/C15H14O4/c1-18-14-8-4-5-9-15(14)19-10-13(17)11-6-2-3-7-12(11)16/h2-9,16H,10H2,1H3. The van der Waals surface area contributed by atoms with Gasteiger partial charge in [0.15, 0.2) is 18.1 Å². The number of benzene rings is 2. The monoisotopic (exact) mass is 258 g/mol. The van der Waals surface area contributed by atoms with Crippen molar-refractivity contribution in [3.8, 4) is 17.2 Å². The van der Waals surface area contributed by atoms with Gasteiger partial charge in [0, 0.05) is 0 Å². The molecular weight excluding hydrogens is 244 g/mol. The fraction of sp³-hybridized carbons (Fsp3) is 0.133. The Morgan fingerprint density at radius 2 is 1.68 bits per heavy atom. The van der Waals surface area contributed by atoms with Crippen LogP contribution >= 0.6 is 0 Å². The van der Waals surface area contributed by atoms with Crippen molar-refractivity contribution in [3.05, 3.63) is 54.1 Å². The summed E-state index contributed by atoms with van der Waals surface area (Å²) >= 11 is 0. The molecule has 0 saturated carbocycles. The Balaban J connectivity index is 2.07. The molecule has 0 aliphatic rings. The van der Waals surface area contributed by atoms with Gasteiger partial charge in [0.05, 0.1) is 12.7 Å². The van der Waals surface area contributed by atoms with Crippen LogP contribution in [0.5, 0.6) is 17.2 Å². The summed E-state index contributed by atoms with van der Waals surface area (Å²) in [5.41, 5.74) is 0.248. The van der Waals surface area contributed by atoms with E-state index in [0.717, 1.165) is 0 Å². The van der Waals surface area contributed by atoms with Crippen molar-refractivity contribution in [1.29, 1.82) is 0 Å². The summed E-state index contributed by atoms with van der Waals surface area (Å²) in [5, 5.41) is 9.58. The van der Waals surface area contributed by atoms with Crippen LogP contribution in [0.3, 0.4) is 0 Å². The van der Waals surface area contributed by atoms with E-state index in [4.69, 9.17) is 9.47 Å². The topological polar surface area (TPSA) is 55.8 Å². The lowest BCUT2D eigenvalue weighted by Gasteiger charge is -2.10. The number of ether oxygens (including phenoxy) is 2. The molecule has 98 valence electrons. The van der Waals surface area contributed by atoms with Crippen molar-refractivity contribution in [3.63, 3.8) is 0 Å². The molecule has 0 heterocycles. The number of hydrogen-bond donors (Lipinski definition) is 1. The SMILES string of the molecule is COc1ccccc1OCC(=O)c1ccccc1O. The average molecular weight is 258 g/mol. The number of methoxy groups -OCH3 is 1. The number of aromatic hydroxyl groups is 1. The Bertz CT molecular complexity index is 578. The second-order valence-electron chi connectivity index (χ2n) is 3.88. The molecule has 2 aromatic carbocycles. The molecule has 0 unspecified atom stereocenters. The van der Waals surface area contributed by atoms with Crippen LogP contribution in [0, 0.1) is 0 Å². The predicted octanol–water partition coefficient (Wildman–Crippen LogP) is 2.66. The van der Waals surface area contributed by atoms with E-state index in [0.29, 0.717) is 11.5 Å². The first kappa shape index (κ1) is 13.0. The number of para-hydroxylation sites is 3. The summed E-state index contributed by atoms with van der Waals surface area (Å²) < 4.78 is 10.5. The van der Waals surface area contributed by atoms with Gasteiger partial charge in [0.1, 0.15) is 5.75 Å². The molecule has 19 heavy (non-hydrogen) atoms. The molecule has 0 radical (unpaired) electrons. The summed E-state index contributed by atoms with van der Waals surface area (Å²) in [6.45, 7) is -0.155. The number of rotatable bonds is 5. The lowest BCUT2D eigenvalue weighted by molar-refractivity contribution is 0.0917. The third-order valence-corrected chi connectivity index (χ3v) is 2.63. The van der Waals surface area contributed by atoms with Gasteiger partial charge < -0.3 is 14.6 Å². The zero-order valence-corrected chi connectivity index (χ0v) is 10.5. The van der Waals surface area contributed by atoms with E-state index in [1.54, 1.807) is 36.4 Å². The van der Waals surface area contributed by atoms with Crippen LogP contribution in [-0.2, 0) is 0 Å². The maximum absolute atomic E-state index is 11.9. The van der Waals surface area contributed by atoms with E-state index in [-0.39, 0.29) is 23.7 Å². The van der Waals surface area contributed by atoms with Gasteiger partial charge in [-0.2, -0.15) is 0 Å². The minimum atomic E-state index is -0.288.